The standard InChI is InChI=1S/C11H14BF4O2.K/c1-8(2)17-5-6-18-11-7-9(12(14,15)16)3-4-10(11)13;/h3-4,7-8H,5-6H2,1-2H3;/q-1;+1. The molecule has 1 aromatic rings. The monoisotopic (exact) mass is 304 g/mol. The van der Waals surface area contributed by atoms with Crippen molar-refractivity contribution < 1.29 is 78.2 Å². The zero-order valence-corrected chi connectivity index (χ0v) is 14.3. The van der Waals surface area contributed by atoms with Gasteiger partial charge >= 0.3 is 58.4 Å². The average molecular weight is 304 g/mol. The van der Waals surface area contributed by atoms with E-state index >= 15 is 0 Å². The molecule has 0 atom stereocenters. The van der Waals surface area contributed by atoms with E-state index < -0.39 is 24.0 Å². The summed E-state index contributed by atoms with van der Waals surface area (Å²) in [4.78, 5) is 0. The maximum atomic E-state index is 13.2. The summed E-state index contributed by atoms with van der Waals surface area (Å²) in [5, 5.41) is 0. The van der Waals surface area contributed by atoms with Crippen molar-refractivity contribution in [3.8, 4) is 5.75 Å². The van der Waals surface area contributed by atoms with Gasteiger partial charge in [0.2, 0.25) is 0 Å². The smallest absolute Gasteiger partial charge is 0.488 e. The molecule has 0 saturated heterocycles. The molecule has 0 saturated carbocycles. The van der Waals surface area contributed by atoms with Crippen molar-refractivity contribution in [1.29, 1.82) is 0 Å². The largest absolute Gasteiger partial charge is 1.00 e. The van der Waals surface area contributed by atoms with E-state index in [1.165, 1.54) is 0 Å². The van der Waals surface area contributed by atoms with Crippen molar-refractivity contribution in [3.05, 3.63) is 24.0 Å². The number of halogens is 4. The van der Waals surface area contributed by atoms with Crippen molar-refractivity contribution >= 4 is 12.4 Å². The van der Waals surface area contributed by atoms with Crippen LogP contribution in [0.15, 0.2) is 18.2 Å². The van der Waals surface area contributed by atoms with Crippen LogP contribution in [0.1, 0.15) is 13.8 Å². The third kappa shape index (κ3) is 7.10. The minimum atomic E-state index is -5.15. The van der Waals surface area contributed by atoms with Crippen LogP contribution >= 0.6 is 0 Å². The molecule has 0 aliphatic heterocycles. The summed E-state index contributed by atoms with van der Waals surface area (Å²) in [6, 6.07) is 2.13. The van der Waals surface area contributed by atoms with Gasteiger partial charge in [0.15, 0.2) is 11.6 Å². The summed E-state index contributed by atoms with van der Waals surface area (Å²) < 4.78 is 60.6. The Balaban J connectivity index is 0.00000324. The Morgan fingerprint density at radius 3 is 2.32 bits per heavy atom. The van der Waals surface area contributed by atoms with Crippen LogP contribution in [0.3, 0.4) is 0 Å². The quantitative estimate of drug-likeness (QED) is 0.408. The van der Waals surface area contributed by atoms with E-state index in [0.29, 0.717) is 12.1 Å². The minimum Gasteiger partial charge on any atom is -0.488 e. The van der Waals surface area contributed by atoms with Gasteiger partial charge in [0.1, 0.15) is 6.61 Å². The van der Waals surface area contributed by atoms with Crippen molar-refractivity contribution in [2.24, 2.45) is 0 Å². The van der Waals surface area contributed by atoms with Crippen LogP contribution in [0.5, 0.6) is 5.75 Å². The van der Waals surface area contributed by atoms with Crippen LogP contribution < -0.4 is 61.6 Å². The summed E-state index contributed by atoms with van der Waals surface area (Å²) in [5.74, 6) is -1.22. The van der Waals surface area contributed by atoms with Crippen molar-refractivity contribution in [2.75, 3.05) is 13.2 Å². The number of hydrogen-bond acceptors (Lipinski definition) is 2. The summed E-state index contributed by atoms with van der Waals surface area (Å²) in [5.41, 5.74) is -0.879. The maximum Gasteiger partial charge on any atom is 1.00 e. The number of hydrogen-bond donors (Lipinski definition) is 0. The summed E-state index contributed by atoms with van der Waals surface area (Å²) >= 11 is 0. The third-order valence-electron chi connectivity index (χ3n) is 2.13. The Bertz CT molecular complexity index is 399. The summed E-state index contributed by atoms with van der Waals surface area (Å²) in [6.07, 6.45) is -0.0108. The molecular weight excluding hydrogens is 290 g/mol. The van der Waals surface area contributed by atoms with Crippen LogP contribution in [0.25, 0.3) is 0 Å². The van der Waals surface area contributed by atoms with Crippen LogP contribution in [0, 0.1) is 5.82 Å². The predicted octanol–water partition coefficient (Wildman–Crippen LogP) is -0.312. The Kier molecular flexibility index (Phi) is 8.82. The van der Waals surface area contributed by atoms with E-state index in [9.17, 15) is 17.3 Å². The maximum absolute atomic E-state index is 13.2. The Morgan fingerprint density at radius 1 is 1.16 bits per heavy atom. The van der Waals surface area contributed by atoms with Gasteiger partial charge in [-0.3, -0.25) is 0 Å². The van der Waals surface area contributed by atoms with E-state index in [-0.39, 0.29) is 70.7 Å². The first-order valence-corrected chi connectivity index (χ1v) is 5.54. The SMILES string of the molecule is CC(C)OCCOc1cc([B-](F)(F)F)ccc1F.[K+]. The Labute approximate surface area is 152 Å². The fourth-order valence-electron chi connectivity index (χ4n) is 1.27. The molecule has 0 fully saturated rings. The molecule has 102 valence electrons. The van der Waals surface area contributed by atoms with Gasteiger partial charge in [-0.25, -0.2) is 4.39 Å². The predicted molar refractivity (Wildman–Crippen MR) is 61.7 cm³/mol. The molecule has 0 aliphatic carbocycles. The summed E-state index contributed by atoms with van der Waals surface area (Å²) in [6.45, 7) is -1.33. The zero-order chi connectivity index (χ0) is 13.8. The molecule has 19 heavy (non-hydrogen) atoms. The zero-order valence-electron chi connectivity index (χ0n) is 11.1. The van der Waals surface area contributed by atoms with Gasteiger partial charge in [-0.05, 0) is 26.0 Å². The molecule has 2 nitrogen and oxygen atoms in total. The van der Waals surface area contributed by atoms with Gasteiger partial charge < -0.3 is 22.4 Å². The van der Waals surface area contributed by atoms with E-state index in [1.54, 1.807) is 0 Å². The normalized spacial score (nSPS) is 11.3. The average Bonchev–Trinajstić information content (AvgIpc) is 2.24. The molecule has 0 amide bonds. The molecule has 0 spiro atoms. The second-order valence-electron chi connectivity index (χ2n) is 4.03. The molecule has 1 aromatic carbocycles. The molecule has 0 N–H and O–H groups in total. The van der Waals surface area contributed by atoms with Gasteiger partial charge in [0, 0.05) is 0 Å². The molecule has 0 heterocycles. The molecule has 0 bridgehead atoms. The van der Waals surface area contributed by atoms with Crippen molar-refractivity contribution in [2.45, 2.75) is 20.0 Å². The van der Waals surface area contributed by atoms with Crippen LogP contribution in [-0.4, -0.2) is 26.3 Å². The van der Waals surface area contributed by atoms with Gasteiger partial charge in [-0.2, -0.15) is 0 Å². The topological polar surface area (TPSA) is 18.5 Å². The van der Waals surface area contributed by atoms with E-state index in [0.717, 1.165) is 6.07 Å². The van der Waals surface area contributed by atoms with Gasteiger partial charge in [0.05, 0.1) is 12.7 Å². The molecule has 0 unspecified atom stereocenters. The molecule has 1 rings (SSSR count). The third-order valence-corrected chi connectivity index (χ3v) is 2.13. The van der Waals surface area contributed by atoms with Crippen LogP contribution in [-0.2, 0) is 4.74 Å². The van der Waals surface area contributed by atoms with E-state index in [1.807, 2.05) is 13.8 Å². The van der Waals surface area contributed by atoms with Gasteiger partial charge in [-0.1, -0.05) is 6.07 Å². The first-order valence-electron chi connectivity index (χ1n) is 5.54. The van der Waals surface area contributed by atoms with Crippen LogP contribution in [0.2, 0.25) is 0 Å². The minimum absolute atomic E-state index is 0. The van der Waals surface area contributed by atoms with E-state index in [4.69, 9.17) is 9.47 Å². The molecular formula is C11H14BF4KO2. The fraction of sp³-hybridized carbons (Fsp3) is 0.455. The molecule has 0 aliphatic rings. The summed E-state index contributed by atoms with van der Waals surface area (Å²) in [7, 11) is 0. The molecule has 0 radical (unpaired) electrons. The number of rotatable bonds is 6. The molecule has 0 aromatic heterocycles. The second-order valence-corrected chi connectivity index (χ2v) is 4.03. The van der Waals surface area contributed by atoms with Crippen LogP contribution in [0.4, 0.5) is 17.3 Å². The molecule has 8 heteroatoms. The van der Waals surface area contributed by atoms with Gasteiger partial charge in [-0.15, -0.1) is 5.46 Å². The Hall–Kier alpha value is 0.401. The Morgan fingerprint density at radius 2 is 1.79 bits per heavy atom. The van der Waals surface area contributed by atoms with Gasteiger partial charge in [0.25, 0.3) is 0 Å². The first kappa shape index (κ1) is 19.4. The second kappa shape index (κ2) is 8.64. The number of ether oxygens (including phenoxy) is 2. The van der Waals surface area contributed by atoms with E-state index in [2.05, 4.69) is 0 Å². The fourth-order valence-corrected chi connectivity index (χ4v) is 1.27. The van der Waals surface area contributed by atoms with Crippen molar-refractivity contribution in [1.82, 2.24) is 0 Å². The van der Waals surface area contributed by atoms with Crippen molar-refractivity contribution in [3.63, 3.8) is 0 Å². The number of benzene rings is 1. The first-order chi connectivity index (χ1) is 8.30.